The lowest BCUT2D eigenvalue weighted by Crippen LogP contribution is -2.14. The maximum absolute atomic E-state index is 13.0. The molecular weight excluding hydrogens is 460 g/mol. The lowest BCUT2D eigenvalue weighted by molar-refractivity contribution is 0.600. The average Bonchev–Trinajstić information content (AvgIpc) is 2.32. The summed E-state index contributed by atoms with van der Waals surface area (Å²) in [4.78, 5) is 0.142. The summed E-state index contributed by atoms with van der Waals surface area (Å²) in [6, 6.07) is 8.85. The zero-order chi connectivity index (χ0) is 14.9. The number of hydrogen-bond acceptors (Lipinski definition) is 2. The Morgan fingerprint density at radius 3 is 2.50 bits per heavy atom. The molecule has 0 radical (unpaired) electrons. The van der Waals surface area contributed by atoms with E-state index in [1.165, 1.54) is 24.3 Å². The number of nitrogens with one attached hydrogen (secondary N) is 1. The van der Waals surface area contributed by atoms with Crippen LogP contribution in [0.3, 0.4) is 0 Å². The van der Waals surface area contributed by atoms with Crippen molar-refractivity contribution in [2.45, 2.75) is 11.8 Å². The lowest BCUT2D eigenvalue weighted by atomic mass is 10.2. The molecule has 0 unspecified atom stereocenters. The van der Waals surface area contributed by atoms with Gasteiger partial charge in [-0.2, -0.15) is 0 Å². The van der Waals surface area contributed by atoms with Gasteiger partial charge in [0.05, 0.1) is 5.69 Å². The van der Waals surface area contributed by atoms with Gasteiger partial charge >= 0.3 is 0 Å². The molecule has 7 heteroatoms. The van der Waals surface area contributed by atoms with Crippen molar-refractivity contribution in [3.05, 3.63) is 55.8 Å². The lowest BCUT2D eigenvalue weighted by Gasteiger charge is -2.11. The van der Waals surface area contributed by atoms with Gasteiger partial charge in [-0.15, -0.1) is 0 Å². The second-order valence-electron chi connectivity index (χ2n) is 4.16. The van der Waals surface area contributed by atoms with Gasteiger partial charge in [-0.3, -0.25) is 4.72 Å². The van der Waals surface area contributed by atoms with Crippen LogP contribution in [-0.4, -0.2) is 8.42 Å². The highest BCUT2D eigenvalue weighted by molar-refractivity contribution is 14.1. The molecule has 1 N–H and O–H groups in total. The Balaban J connectivity index is 2.41. The van der Waals surface area contributed by atoms with Crippen LogP contribution in [-0.2, 0) is 10.0 Å². The van der Waals surface area contributed by atoms with Crippen LogP contribution in [0.2, 0.25) is 0 Å². The van der Waals surface area contributed by atoms with Gasteiger partial charge < -0.3 is 0 Å². The molecule has 0 amide bonds. The van der Waals surface area contributed by atoms with Gasteiger partial charge in [-0.05, 0) is 81.3 Å². The van der Waals surface area contributed by atoms with E-state index in [-0.39, 0.29) is 4.90 Å². The second kappa shape index (κ2) is 5.98. The summed E-state index contributed by atoms with van der Waals surface area (Å²) in [6.45, 7) is 1.87. The highest BCUT2D eigenvalue weighted by Crippen LogP contribution is 2.27. The Bertz CT molecular complexity index is 765. The van der Waals surface area contributed by atoms with Gasteiger partial charge in [-0.25, -0.2) is 12.8 Å². The number of rotatable bonds is 3. The molecule has 0 bridgehead atoms. The van der Waals surface area contributed by atoms with E-state index in [1.54, 1.807) is 12.1 Å². The Morgan fingerprint density at radius 1 is 1.20 bits per heavy atom. The first-order chi connectivity index (χ1) is 9.29. The average molecular weight is 470 g/mol. The molecule has 2 rings (SSSR count). The van der Waals surface area contributed by atoms with E-state index in [0.29, 0.717) is 13.7 Å². The summed E-state index contributed by atoms with van der Waals surface area (Å²) >= 11 is 5.13. The van der Waals surface area contributed by atoms with Gasteiger partial charge in [0.2, 0.25) is 0 Å². The van der Waals surface area contributed by atoms with Crippen LogP contribution in [0.4, 0.5) is 10.1 Å². The first kappa shape index (κ1) is 15.7. The van der Waals surface area contributed by atoms with Crippen molar-refractivity contribution < 1.29 is 12.8 Å². The van der Waals surface area contributed by atoms with Crippen LogP contribution in [0, 0.1) is 16.3 Å². The van der Waals surface area contributed by atoms with Crippen LogP contribution in [0.25, 0.3) is 0 Å². The maximum Gasteiger partial charge on any atom is 0.263 e. The first-order valence-corrected chi connectivity index (χ1v) is 8.89. The minimum absolute atomic E-state index is 0.142. The van der Waals surface area contributed by atoms with Gasteiger partial charge in [0.1, 0.15) is 10.7 Å². The molecule has 0 fully saturated rings. The summed E-state index contributed by atoms with van der Waals surface area (Å²) in [5.41, 5.74) is 1.30. The molecule has 0 saturated carbocycles. The molecule has 0 saturated heterocycles. The number of hydrogen-bond donors (Lipinski definition) is 1. The normalized spacial score (nSPS) is 11.4. The summed E-state index contributed by atoms with van der Waals surface area (Å²) in [5.74, 6) is -0.408. The molecule has 20 heavy (non-hydrogen) atoms. The third-order valence-corrected chi connectivity index (χ3v) is 5.79. The van der Waals surface area contributed by atoms with Crippen molar-refractivity contribution in [2.75, 3.05) is 4.72 Å². The number of anilines is 1. The van der Waals surface area contributed by atoms with E-state index in [2.05, 4.69) is 20.7 Å². The topological polar surface area (TPSA) is 46.2 Å². The fourth-order valence-electron chi connectivity index (χ4n) is 1.60. The number of aryl methyl sites for hydroxylation is 1. The number of benzene rings is 2. The number of halogens is 3. The van der Waals surface area contributed by atoms with Crippen molar-refractivity contribution in [2.24, 2.45) is 0 Å². The van der Waals surface area contributed by atoms with Gasteiger partial charge in [0.25, 0.3) is 10.0 Å². The Labute approximate surface area is 138 Å². The van der Waals surface area contributed by atoms with Crippen molar-refractivity contribution in [1.82, 2.24) is 0 Å². The van der Waals surface area contributed by atoms with E-state index in [4.69, 9.17) is 0 Å². The first-order valence-electron chi connectivity index (χ1n) is 5.53. The molecule has 0 aliphatic rings. The smallest absolute Gasteiger partial charge is 0.263 e. The fraction of sp³-hybridized carbons (Fsp3) is 0.0769. The molecule has 0 aliphatic heterocycles. The molecule has 0 spiro atoms. The van der Waals surface area contributed by atoms with Gasteiger partial charge in [-0.1, -0.05) is 6.07 Å². The second-order valence-corrected chi connectivity index (χ2v) is 7.83. The molecule has 0 heterocycles. The minimum atomic E-state index is -3.72. The highest BCUT2D eigenvalue weighted by atomic mass is 127. The van der Waals surface area contributed by atoms with Gasteiger partial charge in [0.15, 0.2) is 0 Å². The van der Waals surface area contributed by atoms with E-state index >= 15 is 0 Å². The summed E-state index contributed by atoms with van der Waals surface area (Å²) in [7, 11) is -3.72. The highest BCUT2D eigenvalue weighted by Gasteiger charge is 2.18. The molecule has 0 aliphatic carbocycles. The molecule has 2 aromatic carbocycles. The molecule has 2 aromatic rings. The summed E-state index contributed by atoms with van der Waals surface area (Å²) in [5, 5.41) is 0. The third kappa shape index (κ3) is 3.50. The third-order valence-electron chi connectivity index (χ3n) is 2.55. The zero-order valence-electron chi connectivity index (χ0n) is 10.3. The monoisotopic (exact) mass is 469 g/mol. The van der Waals surface area contributed by atoms with Crippen LogP contribution < -0.4 is 4.72 Å². The van der Waals surface area contributed by atoms with E-state index in [9.17, 15) is 12.8 Å². The number of sulfonamides is 1. The largest absolute Gasteiger partial charge is 0.279 e. The van der Waals surface area contributed by atoms with Crippen molar-refractivity contribution in [3.63, 3.8) is 0 Å². The molecular formula is C13H10BrFINO2S. The van der Waals surface area contributed by atoms with Crippen molar-refractivity contribution >= 4 is 54.2 Å². The molecule has 3 nitrogen and oxygen atoms in total. The molecule has 106 valence electrons. The Kier molecular flexibility index (Phi) is 4.70. The fourth-order valence-corrected chi connectivity index (χ4v) is 4.66. The quantitative estimate of drug-likeness (QED) is 0.681. The molecule has 0 atom stereocenters. The summed E-state index contributed by atoms with van der Waals surface area (Å²) < 4.78 is 41.1. The Morgan fingerprint density at radius 2 is 1.90 bits per heavy atom. The van der Waals surface area contributed by atoms with Crippen LogP contribution >= 0.6 is 38.5 Å². The van der Waals surface area contributed by atoms with Crippen molar-refractivity contribution in [1.29, 1.82) is 0 Å². The standard InChI is InChI=1S/C13H10BrFINO2S/c1-8-2-5-13(10(14)6-8)20(18,19)17-12-4-3-9(15)7-11(12)16/h2-7,17H,1H3. The molecule has 0 aromatic heterocycles. The van der Waals surface area contributed by atoms with Crippen LogP contribution in [0.5, 0.6) is 0 Å². The minimum Gasteiger partial charge on any atom is -0.279 e. The van der Waals surface area contributed by atoms with E-state index in [0.717, 1.165) is 5.56 Å². The van der Waals surface area contributed by atoms with Crippen LogP contribution in [0.1, 0.15) is 5.56 Å². The predicted molar refractivity (Wildman–Crippen MR) is 88.8 cm³/mol. The van der Waals surface area contributed by atoms with Crippen LogP contribution in [0.15, 0.2) is 45.8 Å². The SMILES string of the molecule is Cc1ccc(S(=O)(=O)Nc2ccc(F)cc2I)c(Br)c1. The zero-order valence-corrected chi connectivity index (χ0v) is 14.9. The van der Waals surface area contributed by atoms with Crippen molar-refractivity contribution in [3.8, 4) is 0 Å². The van der Waals surface area contributed by atoms with E-state index < -0.39 is 15.8 Å². The summed E-state index contributed by atoms with van der Waals surface area (Å²) in [6.07, 6.45) is 0. The predicted octanol–water partition coefficient (Wildman–Crippen LogP) is 4.30. The van der Waals surface area contributed by atoms with E-state index in [1.807, 2.05) is 29.5 Å². The Hall–Kier alpha value is -0.670. The maximum atomic E-state index is 13.0. The van der Waals surface area contributed by atoms with Gasteiger partial charge in [0, 0.05) is 8.04 Å².